The van der Waals surface area contributed by atoms with Crippen LogP contribution in [0.1, 0.15) is 5.56 Å². The number of carbonyl (C=O) groups is 1. The van der Waals surface area contributed by atoms with Crippen LogP contribution >= 0.6 is 11.6 Å². The lowest BCUT2D eigenvalue weighted by atomic mass is 10.1. The van der Waals surface area contributed by atoms with Gasteiger partial charge in [0.15, 0.2) is 0 Å². The molecule has 23 heavy (non-hydrogen) atoms. The molecular weight excluding hydrogens is 314 g/mol. The maximum atomic E-state index is 12.4. The van der Waals surface area contributed by atoms with Gasteiger partial charge in [-0.2, -0.15) is 0 Å². The Morgan fingerprint density at radius 2 is 1.96 bits per heavy atom. The molecule has 0 saturated carbocycles. The van der Waals surface area contributed by atoms with Gasteiger partial charge in [0.1, 0.15) is 11.5 Å². The Labute approximate surface area is 139 Å². The quantitative estimate of drug-likeness (QED) is 0.915. The molecule has 0 aromatic heterocycles. The number of amides is 1. The lowest BCUT2D eigenvalue weighted by Crippen LogP contribution is -2.13. The average molecular weight is 328 g/mol. The van der Waals surface area contributed by atoms with Gasteiger partial charge in [-0.05, 0) is 54.6 Å². The average Bonchev–Trinajstić information content (AvgIpc) is 2.77. The summed E-state index contributed by atoms with van der Waals surface area (Å²) in [7, 11) is 1.59. The zero-order valence-corrected chi connectivity index (χ0v) is 13.1. The number of benzene rings is 2. The van der Waals surface area contributed by atoms with E-state index in [0.29, 0.717) is 22.0 Å². The smallest absolute Gasteiger partial charge is 0.255 e. The summed E-state index contributed by atoms with van der Waals surface area (Å²) in [5.41, 5.74) is 1.91. The van der Waals surface area contributed by atoms with Crippen LogP contribution in [-0.4, -0.2) is 13.0 Å². The Morgan fingerprint density at radius 1 is 1.17 bits per heavy atom. The molecule has 116 valence electrons. The van der Waals surface area contributed by atoms with Crippen molar-refractivity contribution in [3.05, 3.63) is 71.0 Å². The van der Waals surface area contributed by atoms with Gasteiger partial charge in [-0.15, -0.1) is 0 Å². The summed E-state index contributed by atoms with van der Waals surface area (Å²) >= 11 is 6.00. The van der Waals surface area contributed by atoms with Crippen LogP contribution in [0.4, 0.5) is 5.69 Å². The Morgan fingerprint density at radius 3 is 2.70 bits per heavy atom. The number of nitrogens with one attached hydrogen (secondary N) is 1. The Hall–Kier alpha value is -2.72. The van der Waals surface area contributed by atoms with Crippen LogP contribution in [-0.2, 0) is 4.79 Å². The van der Waals surface area contributed by atoms with Gasteiger partial charge < -0.3 is 14.8 Å². The van der Waals surface area contributed by atoms with E-state index in [-0.39, 0.29) is 5.91 Å². The van der Waals surface area contributed by atoms with Crippen molar-refractivity contribution in [2.24, 2.45) is 0 Å². The van der Waals surface area contributed by atoms with Gasteiger partial charge in [0.2, 0.25) is 0 Å². The van der Waals surface area contributed by atoms with E-state index >= 15 is 0 Å². The molecule has 1 heterocycles. The van der Waals surface area contributed by atoms with E-state index in [1.165, 1.54) is 6.26 Å². The lowest BCUT2D eigenvalue weighted by Gasteiger charge is -2.07. The van der Waals surface area contributed by atoms with Gasteiger partial charge in [-0.1, -0.05) is 11.6 Å². The molecule has 2 aromatic rings. The van der Waals surface area contributed by atoms with E-state index in [1.54, 1.807) is 61.7 Å². The van der Waals surface area contributed by atoms with Crippen molar-refractivity contribution >= 4 is 29.3 Å². The molecule has 0 atom stereocenters. The van der Waals surface area contributed by atoms with Crippen molar-refractivity contribution in [2.75, 3.05) is 12.4 Å². The third-order valence-corrected chi connectivity index (χ3v) is 3.57. The van der Waals surface area contributed by atoms with Crippen LogP contribution in [0.15, 0.2) is 60.4 Å². The molecule has 0 spiro atoms. The summed E-state index contributed by atoms with van der Waals surface area (Å²) in [6.45, 7) is 0. The summed E-state index contributed by atoms with van der Waals surface area (Å²) in [6, 6.07) is 12.4. The normalized spacial score (nSPS) is 12.5. The first kappa shape index (κ1) is 15.2. The van der Waals surface area contributed by atoms with Crippen LogP contribution < -0.4 is 14.8 Å². The van der Waals surface area contributed by atoms with Gasteiger partial charge in [0, 0.05) is 21.8 Å². The van der Waals surface area contributed by atoms with Gasteiger partial charge >= 0.3 is 0 Å². The van der Waals surface area contributed by atoms with Gasteiger partial charge in [-0.3, -0.25) is 4.79 Å². The standard InChI is InChI=1S/C18H14ClNO3/c1-22-16-5-3-15(4-6-16)20-18(21)12-8-9-23-17-7-2-14(19)11-13(17)10-12/h2-11H,1H3,(H,20,21). The summed E-state index contributed by atoms with van der Waals surface area (Å²) in [4.78, 5) is 12.4. The van der Waals surface area contributed by atoms with E-state index in [0.717, 1.165) is 11.3 Å². The summed E-state index contributed by atoms with van der Waals surface area (Å²) in [5.74, 6) is 1.15. The van der Waals surface area contributed by atoms with Crippen LogP contribution in [0, 0.1) is 0 Å². The first-order chi connectivity index (χ1) is 11.2. The predicted molar refractivity (Wildman–Crippen MR) is 90.8 cm³/mol. The molecule has 0 saturated heterocycles. The van der Waals surface area contributed by atoms with E-state index in [9.17, 15) is 4.79 Å². The minimum Gasteiger partial charge on any atom is -0.497 e. The maximum Gasteiger partial charge on any atom is 0.255 e. The second kappa shape index (κ2) is 6.58. The molecule has 1 aliphatic rings. The first-order valence-corrected chi connectivity index (χ1v) is 7.33. The third-order valence-electron chi connectivity index (χ3n) is 3.34. The number of carbonyl (C=O) groups excluding carboxylic acids is 1. The lowest BCUT2D eigenvalue weighted by molar-refractivity contribution is -0.112. The van der Waals surface area contributed by atoms with E-state index < -0.39 is 0 Å². The summed E-state index contributed by atoms with van der Waals surface area (Å²) in [6.07, 6.45) is 4.84. The molecule has 0 aliphatic carbocycles. The molecule has 0 bridgehead atoms. The SMILES string of the molecule is COc1ccc(NC(=O)C2=Cc3cc(Cl)ccc3OC=C2)cc1. The number of halogens is 1. The summed E-state index contributed by atoms with van der Waals surface area (Å²) in [5, 5.41) is 3.42. The van der Waals surface area contributed by atoms with Crippen molar-refractivity contribution in [3.8, 4) is 11.5 Å². The highest BCUT2D eigenvalue weighted by Crippen LogP contribution is 2.28. The zero-order chi connectivity index (χ0) is 16.2. The van der Waals surface area contributed by atoms with Crippen molar-refractivity contribution < 1.29 is 14.3 Å². The number of ether oxygens (including phenoxy) is 2. The second-order valence-corrected chi connectivity index (χ2v) is 5.32. The second-order valence-electron chi connectivity index (χ2n) is 4.89. The summed E-state index contributed by atoms with van der Waals surface area (Å²) < 4.78 is 10.6. The highest BCUT2D eigenvalue weighted by Gasteiger charge is 2.12. The Bertz CT molecular complexity index is 794. The molecule has 0 radical (unpaired) electrons. The topological polar surface area (TPSA) is 47.6 Å². The largest absolute Gasteiger partial charge is 0.497 e. The molecule has 1 N–H and O–H groups in total. The fourth-order valence-corrected chi connectivity index (χ4v) is 2.34. The van der Waals surface area contributed by atoms with Crippen LogP contribution in [0.5, 0.6) is 11.5 Å². The molecule has 5 heteroatoms. The Balaban J connectivity index is 1.83. The predicted octanol–water partition coefficient (Wildman–Crippen LogP) is 4.28. The van der Waals surface area contributed by atoms with E-state index in [4.69, 9.17) is 21.1 Å². The Kier molecular flexibility index (Phi) is 4.35. The number of hydrogen-bond acceptors (Lipinski definition) is 3. The molecule has 0 fully saturated rings. The van der Waals surface area contributed by atoms with Gasteiger partial charge in [0.05, 0.1) is 13.4 Å². The number of methoxy groups -OCH3 is 1. The molecule has 1 amide bonds. The minimum absolute atomic E-state index is 0.233. The fraction of sp³-hybridized carbons (Fsp3) is 0.0556. The van der Waals surface area contributed by atoms with Crippen molar-refractivity contribution in [3.63, 3.8) is 0 Å². The highest BCUT2D eigenvalue weighted by molar-refractivity contribution is 6.30. The van der Waals surface area contributed by atoms with Gasteiger partial charge in [0.25, 0.3) is 5.91 Å². The number of anilines is 1. The zero-order valence-electron chi connectivity index (χ0n) is 12.4. The van der Waals surface area contributed by atoms with E-state index in [2.05, 4.69) is 5.32 Å². The number of fused-ring (bicyclic) bond motifs is 1. The van der Waals surface area contributed by atoms with E-state index in [1.807, 2.05) is 0 Å². The van der Waals surface area contributed by atoms with Crippen molar-refractivity contribution in [1.82, 2.24) is 0 Å². The first-order valence-electron chi connectivity index (χ1n) is 6.95. The maximum absolute atomic E-state index is 12.4. The molecule has 2 aromatic carbocycles. The molecule has 0 unspecified atom stereocenters. The third kappa shape index (κ3) is 3.55. The molecule has 1 aliphatic heterocycles. The molecule has 4 nitrogen and oxygen atoms in total. The van der Waals surface area contributed by atoms with Gasteiger partial charge in [-0.25, -0.2) is 0 Å². The number of rotatable bonds is 3. The van der Waals surface area contributed by atoms with Crippen LogP contribution in [0.3, 0.4) is 0 Å². The fourth-order valence-electron chi connectivity index (χ4n) is 2.15. The van der Waals surface area contributed by atoms with Crippen LogP contribution in [0.2, 0.25) is 5.02 Å². The van der Waals surface area contributed by atoms with Crippen molar-refractivity contribution in [1.29, 1.82) is 0 Å². The molecule has 3 rings (SSSR count). The minimum atomic E-state index is -0.233. The van der Waals surface area contributed by atoms with Crippen LogP contribution in [0.25, 0.3) is 6.08 Å². The van der Waals surface area contributed by atoms with Crippen molar-refractivity contribution in [2.45, 2.75) is 0 Å². The highest BCUT2D eigenvalue weighted by atomic mass is 35.5. The number of hydrogen-bond donors (Lipinski definition) is 1. The monoisotopic (exact) mass is 327 g/mol. The molecular formula is C18H14ClNO3.